The number of carbonyl (C=O) groups is 3. The van der Waals surface area contributed by atoms with Crippen molar-refractivity contribution in [1.29, 1.82) is 0 Å². The molecule has 5 nitrogen and oxygen atoms in total. The average Bonchev–Trinajstić information content (AvgIpc) is 3.10. The molecule has 21 heavy (non-hydrogen) atoms. The number of methoxy groups -OCH3 is 1. The van der Waals surface area contributed by atoms with E-state index in [9.17, 15) is 14.4 Å². The summed E-state index contributed by atoms with van der Waals surface area (Å²) in [6.45, 7) is 3.93. The molecule has 5 heteroatoms. The van der Waals surface area contributed by atoms with Gasteiger partial charge in [0.25, 0.3) is 0 Å². The predicted molar refractivity (Wildman–Crippen MR) is 74.8 cm³/mol. The van der Waals surface area contributed by atoms with Gasteiger partial charge in [0.1, 0.15) is 6.04 Å². The molecule has 0 aromatic rings. The molecule has 2 fully saturated rings. The number of carbonyl (C=O) groups excluding carboxylic acids is 3. The molecule has 5 atom stereocenters. The van der Waals surface area contributed by atoms with Crippen LogP contribution in [0.15, 0.2) is 12.2 Å². The zero-order valence-electron chi connectivity index (χ0n) is 12.6. The topological polar surface area (TPSA) is 63.7 Å². The maximum atomic E-state index is 12.7. The molecule has 0 unspecified atom stereocenters. The monoisotopic (exact) mass is 291 g/mol. The molecule has 0 aromatic heterocycles. The second-order valence-electron chi connectivity index (χ2n) is 6.71. The lowest BCUT2D eigenvalue weighted by Crippen LogP contribution is -2.47. The summed E-state index contributed by atoms with van der Waals surface area (Å²) in [4.78, 5) is 38.6. The van der Waals surface area contributed by atoms with Gasteiger partial charge in [-0.25, -0.2) is 4.79 Å². The van der Waals surface area contributed by atoms with Crippen molar-refractivity contribution in [2.75, 3.05) is 7.11 Å². The Morgan fingerprint density at radius 1 is 1.24 bits per heavy atom. The van der Waals surface area contributed by atoms with Crippen molar-refractivity contribution in [2.24, 2.45) is 29.6 Å². The summed E-state index contributed by atoms with van der Waals surface area (Å²) in [5.74, 6) is -0.845. The Hall–Kier alpha value is -1.65. The summed E-state index contributed by atoms with van der Waals surface area (Å²) < 4.78 is 4.81. The van der Waals surface area contributed by atoms with E-state index in [1.165, 1.54) is 12.0 Å². The van der Waals surface area contributed by atoms with Gasteiger partial charge in [-0.05, 0) is 30.6 Å². The van der Waals surface area contributed by atoms with E-state index in [0.717, 1.165) is 6.42 Å². The first-order valence-corrected chi connectivity index (χ1v) is 7.58. The molecule has 1 heterocycles. The fourth-order valence-corrected chi connectivity index (χ4v) is 4.12. The zero-order valence-corrected chi connectivity index (χ0v) is 12.6. The van der Waals surface area contributed by atoms with Crippen LogP contribution in [-0.4, -0.2) is 35.8 Å². The normalized spacial score (nSPS) is 34.8. The maximum Gasteiger partial charge on any atom is 0.329 e. The first-order valence-electron chi connectivity index (χ1n) is 7.58. The first kappa shape index (κ1) is 14.3. The Kier molecular flexibility index (Phi) is 3.38. The number of allylic oxidation sites excluding steroid dienone is 2. The highest BCUT2D eigenvalue weighted by Gasteiger charge is 2.61. The van der Waals surface area contributed by atoms with Gasteiger partial charge in [-0.1, -0.05) is 26.0 Å². The standard InChI is InChI=1S/C16H21NO4/c1-8(2)6-11(16(20)21-3)17-14(18)12-9-4-5-10(7-9)13(12)15(17)19/h4-5,8-13H,6-7H2,1-3H3/t9-,10-,11-,12+,13+/m0/s1. The lowest BCUT2D eigenvalue weighted by molar-refractivity contribution is -0.158. The number of ether oxygens (including phenoxy) is 1. The number of esters is 1. The van der Waals surface area contributed by atoms with Crippen LogP contribution in [-0.2, 0) is 19.1 Å². The molecule has 0 N–H and O–H groups in total. The Balaban J connectivity index is 1.90. The van der Waals surface area contributed by atoms with Crippen molar-refractivity contribution in [1.82, 2.24) is 4.90 Å². The van der Waals surface area contributed by atoms with E-state index in [1.807, 2.05) is 13.8 Å². The number of hydrogen-bond donors (Lipinski definition) is 0. The number of rotatable bonds is 4. The highest BCUT2D eigenvalue weighted by molar-refractivity contribution is 6.08. The third-order valence-corrected chi connectivity index (χ3v) is 4.98. The van der Waals surface area contributed by atoms with Crippen LogP contribution < -0.4 is 0 Å². The van der Waals surface area contributed by atoms with Crippen LogP contribution in [0.4, 0.5) is 0 Å². The molecule has 2 bridgehead atoms. The minimum atomic E-state index is -0.778. The van der Waals surface area contributed by atoms with Crippen LogP contribution in [0.2, 0.25) is 0 Å². The fraction of sp³-hybridized carbons (Fsp3) is 0.688. The van der Waals surface area contributed by atoms with Gasteiger partial charge in [0, 0.05) is 0 Å². The molecule has 1 aliphatic heterocycles. The van der Waals surface area contributed by atoms with Crippen LogP contribution in [0.1, 0.15) is 26.7 Å². The van der Waals surface area contributed by atoms with Crippen LogP contribution in [0, 0.1) is 29.6 Å². The molecule has 1 saturated carbocycles. The molecule has 2 amide bonds. The molecule has 0 aromatic carbocycles. The first-order chi connectivity index (χ1) is 9.95. The molecular formula is C16H21NO4. The second kappa shape index (κ2) is 4.97. The Morgan fingerprint density at radius 3 is 2.19 bits per heavy atom. The highest BCUT2D eigenvalue weighted by atomic mass is 16.5. The van der Waals surface area contributed by atoms with E-state index in [1.54, 1.807) is 0 Å². The third kappa shape index (κ3) is 2.01. The van der Waals surface area contributed by atoms with E-state index >= 15 is 0 Å². The van der Waals surface area contributed by atoms with Crippen molar-refractivity contribution >= 4 is 17.8 Å². The summed E-state index contributed by atoms with van der Waals surface area (Å²) in [5.41, 5.74) is 0. The molecule has 3 aliphatic rings. The minimum Gasteiger partial charge on any atom is -0.467 e. The minimum absolute atomic E-state index is 0.166. The molecular weight excluding hydrogens is 270 g/mol. The van der Waals surface area contributed by atoms with Crippen LogP contribution in [0.25, 0.3) is 0 Å². The Morgan fingerprint density at radius 2 is 1.76 bits per heavy atom. The van der Waals surface area contributed by atoms with Gasteiger partial charge in [0.2, 0.25) is 11.8 Å². The van der Waals surface area contributed by atoms with E-state index in [0.29, 0.717) is 6.42 Å². The number of fused-ring (bicyclic) bond motifs is 5. The van der Waals surface area contributed by atoms with Gasteiger partial charge in [0.15, 0.2) is 0 Å². The SMILES string of the molecule is COC(=O)[C@H](CC(C)C)N1C(=O)[C@H]2[C@H](C1=O)[C@H]1C=C[C@H]2C1. The largest absolute Gasteiger partial charge is 0.467 e. The molecule has 114 valence electrons. The summed E-state index contributed by atoms with van der Waals surface area (Å²) in [6, 6.07) is -0.778. The quantitative estimate of drug-likeness (QED) is 0.446. The maximum absolute atomic E-state index is 12.7. The lowest BCUT2D eigenvalue weighted by Gasteiger charge is -2.26. The third-order valence-electron chi connectivity index (χ3n) is 4.98. The Labute approximate surface area is 124 Å². The van der Waals surface area contributed by atoms with Gasteiger partial charge >= 0.3 is 5.97 Å². The van der Waals surface area contributed by atoms with Crippen molar-refractivity contribution in [3.8, 4) is 0 Å². The van der Waals surface area contributed by atoms with Crippen molar-refractivity contribution < 1.29 is 19.1 Å². The predicted octanol–water partition coefficient (Wildman–Crippen LogP) is 1.38. The summed E-state index contributed by atoms with van der Waals surface area (Å²) in [6.07, 6.45) is 5.45. The van der Waals surface area contributed by atoms with Gasteiger partial charge < -0.3 is 4.74 Å². The van der Waals surface area contributed by atoms with Crippen molar-refractivity contribution in [3.05, 3.63) is 12.2 Å². The van der Waals surface area contributed by atoms with E-state index in [2.05, 4.69) is 12.2 Å². The summed E-state index contributed by atoms with van der Waals surface area (Å²) in [7, 11) is 1.30. The van der Waals surface area contributed by atoms with Crippen LogP contribution in [0.5, 0.6) is 0 Å². The smallest absolute Gasteiger partial charge is 0.329 e. The van der Waals surface area contributed by atoms with Crippen LogP contribution in [0.3, 0.4) is 0 Å². The number of likely N-dealkylation sites (tertiary alicyclic amines) is 1. The number of nitrogens with zero attached hydrogens (tertiary/aromatic N) is 1. The van der Waals surface area contributed by atoms with Crippen molar-refractivity contribution in [3.63, 3.8) is 0 Å². The summed E-state index contributed by atoms with van der Waals surface area (Å²) >= 11 is 0. The van der Waals surface area contributed by atoms with E-state index < -0.39 is 12.0 Å². The molecule has 2 aliphatic carbocycles. The van der Waals surface area contributed by atoms with Gasteiger partial charge in [-0.3, -0.25) is 14.5 Å². The summed E-state index contributed by atoms with van der Waals surface area (Å²) in [5, 5.41) is 0. The van der Waals surface area contributed by atoms with Gasteiger partial charge in [0.05, 0.1) is 18.9 Å². The van der Waals surface area contributed by atoms with E-state index in [4.69, 9.17) is 4.74 Å². The number of amides is 2. The Bertz CT molecular complexity index is 494. The lowest BCUT2D eigenvalue weighted by atomic mass is 9.85. The van der Waals surface area contributed by atoms with Gasteiger partial charge in [-0.2, -0.15) is 0 Å². The van der Waals surface area contributed by atoms with Crippen LogP contribution >= 0.6 is 0 Å². The fourth-order valence-electron chi connectivity index (χ4n) is 4.12. The number of hydrogen-bond acceptors (Lipinski definition) is 4. The number of imide groups is 1. The zero-order chi connectivity index (χ0) is 15.3. The average molecular weight is 291 g/mol. The van der Waals surface area contributed by atoms with E-state index in [-0.39, 0.29) is 41.4 Å². The molecule has 3 rings (SSSR count). The van der Waals surface area contributed by atoms with Gasteiger partial charge in [-0.15, -0.1) is 0 Å². The molecule has 1 saturated heterocycles. The highest BCUT2D eigenvalue weighted by Crippen LogP contribution is 2.53. The second-order valence-corrected chi connectivity index (χ2v) is 6.71. The van der Waals surface area contributed by atoms with Crippen molar-refractivity contribution in [2.45, 2.75) is 32.7 Å². The molecule has 0 spiro atoms. The molecule has 0 radical (unpaired) electrons.